The fraction of sp³-hybridized carbons (Fsp3) is 0.269. The molecule has 33 heavy (non-hydrogen) atoms. The van der Waals surface area contributed by atoms with Crippen LogP contribution < -0.4 is 14.4 Å². The number of sulfonamides is 1. The number of aryl methyl sites for hydroxylation is 3. The minimum Gasteiger partial charge on any atom is -0.497 e. The standard InChI is InChI=1S/C26H30N2O4S/c1-18-14-20(3)25(15-19(18)2)21(4)27-26(29)17-28(22-10-9-11-23(16-22)32-5)33(30,31)24-12-7-6-8-13-24/h6-16,21H,17H2,1-5H3,(H,27,29)/t21-/m1/s1. The van der Waals surface area contributed by atoms with Gasteiger partial charge in [-0.1, -0.05) is 36.4 Å². The van der Waals surface area contributed by atoms with Crippen molar-refractivity contribution in [3.8, 4) is 5.75 Å². The molecule has 0 bridgehead atoms. The van der Waals surface area contributed by atoms with Gasteiger partial charge in [-0.15, -0.1) is 0 Å². The van der Waals surface area contributed by atoms with Crippen LogP contribution in [0.4, 0.5) is 5.69 Å². The van der Waals surface area contributed by atoms with Crippen LogP contribution in [0.1, 0.15) is 35.2 Å². The van der Waals surface area contributed by atoms with Crippen molar-refractivity contribution >= 4 is 21.6 Å². The molecule has 6 nitrogen and oxygen atoms in total. The summed E-state index contributed by atoms with van der Waals surface area (Å²) in [7, 11) is -2.47. The number of nitrogens with one attached hydrogen (secondary N) is 1. The van der Waals surface area contributed by atoms with Crippen LogP contribution in [0.5, 0.6) is 5.75 Å². The van der Waals surface area contributed by atoms with Crippen LogP contribution in [0.25, 0.3) is 0 Å². The lowest BCUT2D eigenvalue weighted by Crippen LogP contribution is -2.41. The van der Waals surface area contributed by atoms with E-state index in [1.807, 2.05) is 20.8 Å². The molecule has 0 aliphatic heterocycles. The zero-order valence-electron chi connectivity index (χ0n) is 19.6. The molecule has 1 amide bonds. The van der Waals surface area contributed by atoms with E-state index in [1.54, 1.807) is 42.5 Å². The molecule has 0 saturated heterocycles. The molecule has 0 spiro atoms. The van der Waals surface area contributed by atoms with Gasteiger partial charge in [0.25, 0.3) is 10.0 Å². The van der Waals surface area contributed by atoms with Crippen molar-refractivity contribution in [2.75, 3.05) is 18.0 Å². The highest BCUT2D eigenvalue weighted by Gasteiger charge is 2.28. The van der Waals surface area contributed by atoms with Crippen LogP contribution in [0.3, 0.4) is 0 Å². The Balaban J connectivity index is 1.92. The molecule has 0 saturated carbocycles. The number of carbonyl (C=O) groups is 1. The fourth-order valence-corrected chi connectivity index (χ4v) is 5.18. The van der Waals surface area contributed by atoms with Gasteiger partial charge in [-0.2, -0.15) is 0 Å². The van der Waals surface area contributed by atoms with Gasteiger partial charge in [-0.3, -0.25) is 9.10 Å². The van der Waals surface area contributed by atoms with Gasteiger partial charge in [0, 0.05) is 6.07 Å². The maximum absolute atomic E-state index is 13.5. The quantitative estimate of drug-likeness (QED) is 0.522. The number of rotatable bonds is 8. The van der Waals surface area contributed by atoms with E-state index < -0.39 is 15.9 Å². The monoisotopic (exact) mass is 466 g/mol. The van der Waals surface area contributed by atoms with Crippen LogP contribution >= 0.6 is 0 Å². The number of ether oxygens (including phenoxy) is 1. The van der Waals surface area contributed by atoms with Crippen molar-refractivity contribution < 1.29 is 17.9 Å². The summed E-state index contributed by atoms with van der Waals surface area (Å²) in [6, 6.07) is 18.6. The first-order valence-electron chi connectivity index (χ1n) is 10.7. The third kappa shape index (κ3) is 5.54. The van der Waals surface area contributed by atoms with E-state index in [4.69, 9.17) is 4.74 Å². The molecule has 0 heterocycles. The molecule has 3 aromatic rings. The first-order valence-corrected chi connectivity index (χ1v) is 12.2. The molecule has 0 fully saturated rings. The second-order valence-corrected chi connectivity index (χ2v) is 9.97. The normalized spacial score (nSPS) is 12.2. The summed E-state index contributed by atoms with van der Waals surface area (Å²) in [5.41, 5.74) is 4.76. The third-order valence-corrected chi connectivity index (χ3v) is 7.47. The Kier molecular flexibility index (Phi) is 7.43. The predicted octanol–water partition coefficient (Wildman–Crippen LogP) is 4.69. The van der Waals surface area contributed by atoms with Crippen LogP contribution in [-0.2, 0) is 14.8 Å². The molecule has 174 valence electrons. The van der Waals surface area contributed by atoms with E-state index in [0.717, 1.165) is 21.0 Å². The van der Waals surface area contributed by atoms with Gasteiger partial charge in [-0.05, 0) is 74.2 Å². The maximum Gasteiger partial charge on any atom is 0.264 e. The summed E-state index contributed by atoms with van der Waals surface area (Å²) in [5, 5.41) is 2.96. The fourth-order valence-electron chi connectivity index (χ4n) is 3.75. The van der Waals surface area contributed by atoms with Gasteiger partial charge < -0.3 is 10.1 Å². The largest absolute Gasteiger partial charge is 0.497 e. The molecular weight excluding hydrogens is 436 g/mol. The summed E-state index contributed by atoms with van der Waals surface area (Å²) in [6.07, 6.45) is 0. The number of benzene rings is 3. The average molecular weight is 467 g/mol. The first kappa shape index (κ1) is 24.3. The zero-order chi connectivity index (χ0) is 24.2. The highest BCUT2D eigenvalue weighted by Crippen LogP contribution is 2.27. The van der Waals surface area contributed by atoms with E-state index >= 15 is 0 Å². The van der Waals surface area contributed by atoms with Crippen LogP contribution in [-0.4, -0.2) is 28.0 Å². The molecule has 3 rings (SSSR count). The lowest BCUT2D eigenvalue weighted by atomic mass is 9.96. The number of methoxy groups -OCH3 is 1. The van der Waals surface area contributed by atoms with E-state index in [-0.39, 0.29) is 17.5 Å². The predicted molar refractivity (Wildman–Crippen MR) is 131 cm³/mol. The number of nitrogens with zero attached hydrogens (tertiary/aromatic N) is 1. The van der Waals surface area contributed by atoms with Crippen molar-refractivity contribution in [1.82, 2.24) is 5.32 Å². The number of anilines is 1. The molecule has 0 aromatic heterocycles. The molecule has 7 heteroatoms. The molecule has 1 N–H and O–H groups in total. The molecule has 0 radical (unpaired) electrons. The van der Waals surface area contributed by atoms with Crippen molar-refractivity contribution in [2.24, 2.45) is 0 Å². The lowest BCUT2D eigenvalue weighted by Gasteiger charge is -2.26. The van der Waals surface area contributed by atoms with Gasteiger partial charge in [0.05, 0.1) is 23.7 Å². The van der Waals surface area contributed by atoms with Crippen molar-refractivity contribution in [2.45, 2.75) is 38.6 Å². The number of amides is 1. The third-order valence-electron chi connectivity index (χ3n) is 5.69. The summed E-state index contributed by atoms with van der Waals surface area (Å²) >= 11 is 0. The topological polar surface area (TPSA) is 75.7 Å². The molecule has 0 unspecified atom stereocenters. The van der Waals surface area contributed by atoms with Gasteiger partial charge in [0.2, 0.25) is 5.91 Å². The molecule has 1 atom stereocenters. The second-order valence-electron chi connectivity index (χ2n) is 8.11. The Bertz CT molecular complexity index is 1240. The summed E-state index contributed by atoms with van der Waals surface area (Å²) in [5.74, 6) is 0.0998. The smallest absolute Gasteiger partial charge is 0.264 e. The van der Waals surface area contributed by atoms with Crippen molar-refractivity contribution in [1.29, 1.82) is 0 Å². The van der Waals surface area contributed by atoms with Crippen molar-refractivity contribution in [3.05, 3.63) is 89.0 Å². The van der Waals surface area contributed by atoms with Gasteiger partial charge >= 0.3 is 0 Å². The van der Waals surface area contributed by atoms with E-state index in [1.165, 1.54) is 24.8 Å². The Morgan fingerprint density at radius 1 is 0.939 bits per heavy atom. The highest BCUT2D eigenvalue weighted by molar-refractivity contribution is 7.92. The summed E-state index contributed by atoms with van der Waals surface area (Å²) in [6.45, 7) is 7.63. The first-order chi connectivity index (χ1) is 15.6. The molecule has 3 aromatic carbocycles. The van der Waals surface area contributed by atoms with E-state index in [9.17, 15) is 13.2 Å². The number of hydrogen-bond acceptors (Lipinski definition) is 4. The summed E-state index contributed by atoms with van der Waals surface area (Å²) < 4.78 is 33.3. The van der Waals surface area contributed by atoms with Crippen LogP contribution in [0.15, 0.2) is 71.6 Å². The minimum atomic E-state index is -3.98. The molecule has 0 aliphatic carbocycles. The SMILES string of the molecule is COc1cccc(N(CC(=O)N[C@H](C)c2cc(C)c(C)cc2C)S(=O)(=O)c2ccccc2)c1. The maximum atomic E-state index is 13.5. The van der Waals surface area contributed by atoms with E-state index in [0.29, 0.717) is 11.4 Å². The highest BCUT2D eigenvalue weighted by atomic mass is 32.2. The Labute approximate surface area is 196 Å². The van der Waals surface area contributed by atoms with Crippen molar-refractivity contribution in [3.63, 3.8) is 0 Å². The van der Waals surface area contributed by atoms with Gasteiger partial charge in [0.1, 0.15) is 12.3 Å². The summed E-state index contributed by atoms with van der Waals surface area (Å²) in [4.78, 5) is 13.2. The number of hydrogen-bond donors (Lipinski definition) is 1. The second kappa shape index (κ2) is 10.1. The van der Waals surface area contributed by atoms with Crippen LogP contribution in [0.2, 0.25) is 0 Å². The zero-order valence-corrected chi connectivity index (χ0v) is 20.4. The average Bonchev–Trinajstić information content (AvgIpc) is 2.80. The Morgan fingerprint density at radius 3 is 2.27 bits per heavy atom. The van der Waals surface area contributed by atoms with Gasteiger partial charge in [-0.25, -0.2) is 8.42 Å². The molecule has 0 aliphatic rings. The Morgan fingerprint density at radius 2 is 1.61 bits per heavy atom. The molecular formula is C26H30N2O4S. The Hall–Kier alpha value is -3.32. The minimum absolute atomic E-state index is 0.110. The van der Waals surface area contributed by atoms with Gasteiger partial charge in [0.15, 0.2) is 0 Å². The number of carbonyl (C=O) groups excluding carboxylic acids is 1. The van der Waals surface area contributed by atoms with E-state index in [2.05, 4.69) is 24.4 Å². The van der Waals surface area contributed by atoms with Crippen LogP contribution in [0, 0.1) is 20.8 Å². The lowest BCUT2D eigenvalue weighted by molar-refractivity contribution is -0.120.